The molecule has 0 saturated carbocycles. The minimum Gasteiger partial charge on any atom is -0.391 e. The summed E-state index contributed by atoms with van der Waals surface area (Å²) >= 11 is 0. The minimum atomic E-state index is -0.128. The molecule has 0 spiro atoms. The quantitative estimate of drug-likeness (QED) is 0.580. The van der Waals surface area contributed by atoms with E-state index < -0.39 is 0 Å². The highest BCUT2D eigenvalue weighted by molar-refractivity contribution is 5.72. The molecule has 3 rings (SSSR count). The summed E-state index contributed by atoms with van der Waals surface area (Å²) in [5.74, 6) is 0.635. The Kier molecular flexibility index (Phi) is 4.72. The van der Waals surface area contributed by atoms with Gasteiger partial charge in [-0.2, -0.15) is 5.10 Å². The van der Waals surface area contributed by atoms with Crippen molar-refractivity contribution >= 4 is 12.2 Å². The van der Waals surface area contributed by atoms with E-state index in [1.807, 2.05) is 79.7 Å². The number of rotatable bonds is 5. The lowest BCUT2D eigenvalue weighted by molar-refractivity contribution is 0.283. The molecule has 1 N–H and O–H groups in total. The number of para-hydroxylation sites is 1. The molecule has 2 aromatic carbocycles. The maximum atomic E-state index is 9.95. The largest absolute Gasteiger partial charge is 0.391 e. The molecule has 0 aliphatic carbocycles. The second-order valence-electron chi connectivity index (χ2n) is 5.63. The lowest BCUT2D eigenvalue weighted by atomic mass is 10.1. The average Bonchev–Trinajstić information content (AvgIpc) is 3.00. The van der Waals surface area contributed by atoms with Crippen LogP contribution in [0, 0.1) is 0 Å². The summed E-state index contributed by atoms with van der Waals surface area (Å²) in [7, 11) is 3.81. The van der Waals surface area contributed by atoms with Gasteiger partial charge >= 0.3 is 0 Å². The van der Waals surface area contributed by atoms with E-state index in [-0.39, 0.29) is 6.61 Å². The summed E-state index contributed by atoms with van der Waals surface area (Å²) in [5.41, 5.74) is 3.31. The molecule has 24 heavy (non-hydrogen) atoms. The maximum Gasteiger partial charge on any atom is 0.163 e. The second kappa shape index (κ2) is 7.10. The van der Waals surface area contributed by atoms with E-state index in [2.05, 4.69) is 4.99 Å². The molecule has 0 saturated heterocycles. The Morgan fingerprint density at radius 2 is 1.67 bits per heavy atom. The fourth-order valence-electron chi connectivity index (χ4n) is 2.47. The highest BCUT2D eigenvalue weighted by Gasteiger charge is 2.19. The van der Waals surface area contributed by atoms with Gasteiger partial charge in [0.15, 0.2) is 5.82 Å². The third-order valence-corrected chi connectivity index (χ3v) is 3.57. The van der Waals surface area contributed by atoms with Crippen LogP contribution in [0.1, 0.15) is 5.56 Å². The zero-order valence-electron chi connectivity index (χ0n) is 13.8. The van der Waals surface area contributed by atoms with E-state index in [1.54, 1.807) is 11.0 Å². The Hall–Kier alpha value is -2.92. The van der Waals surface area contributed by atoms with Crippen molar-refractivity contribution in [1.82, 2.24) is 14.7 Å². The fraction of sp³-hybridized carbons (Fsp3) is 0.158. The lowest BCUT2D eigenvalue weighted by Crippen LogP contribution is -2.08. The van der Waals surface area contributed by atoms with Crippen molar-refractivity contribution < 1.29 is 5.11 Å². The van der Waals surface area contributed by atoms with Crippen LogP contribution in [0.3, 0.4) is 0 Å². The number of nitrogens with zero attached hydrogens (tertiary/aromatic N) is 4. The van der Waals surface area contributed by atoms with E-state index in [1.165, 1.54) is 0 Å². The van der Waals surface area contributed by atoms with E-state index in [0.717, 1.165) is 16.9 Å². The summed E-state index contributed by atoms with van der Waals surface area (Å²) in [5, 5.41) is 14.7. The lowest BCUT2D eigenvalue weighted by Gasteiger charge is -2.06. The first-order valence-corrected chi connectivity index (χ1v) is 7.75. The van der Waals surface area contributed by atoms with Crippen molar-refractivity contribution in [2.24, 2.45) is 4.99 Å². The Morgan fingerprint density at radius 3 is 2.25 bits per heavy atom. The molecule has 0 fully saturated rings. The normalized spacial score (nSPS) is 11.1. The predicted molar refractivity (Wildman–Crippen MR) is 96.8 cm³/mol. The smallest absolute Gasteiger partial charge is 0.163 e. The van der Waals surface area contributed by atoms with Gasteiger partial charge in [-0.15, -0.1) is 0 Å². The molecule has 122 valence electrons. The molecule has 3 aromatic rings. The summed E-state index contributed by atoms with van der Waals surface area (Å²) in [6.07, 6.45) is 1.71. The van der Waals surface area contributed by atoms with Gasteiger partial charge in [0.2, 0.25) is 0 Å². The molecular weight excluding hydrogens is 300 g/mol. The first kappa shape index (κ1) is 16.0. The number of hydrogen-bond donors (Lipinski definition) is 1. The molecular formula is C19H20N4O. The minimum absolute atomic E-state index is 0.128. The average molecular weight is 320 g/mol. The van der Waals surface area contributed by atoms with Crippen molar-refractivity contribution in [3.8, 4) is 16.9 Å². The van der Waals surface area contributed by atoms with Crippen LogP contribution < -0.4 is 0 Å². The van der Waals surface area contributed by atoms with Gasteiger partial charge in [-0.1, -0.05) is 48.5 Å². The Balaban J connectivity index is 2.22. The van der Waals surface area contributed by atoms with E-state index in [0.29, 0.717) is 11.4 Å². The molecule has 0 bridgehead atoms. The van der Waals surface area contributed by atoms with E-state index >= 15 is 0 Å². The van der Waals surface area contributed by atoms with Crippen LogP contribution in [0.2, 0.25) is 0 Å². The Bertz CT molecular complexity index is 823. The SMILES string of the molecule is CN(C)/C=N/c1c(CO)c(-c2ccccc2)nn1-c1ccccc1. The Labute approximate surface area is 141 Å². The molecule has 1 heterocycles. The number of aromatic nitrogens is 2. The van der Waals surface area contributed by atoms with Gasteiger partial charge < -0.3 is 10.0 Å². The molecule has 0 unspecified atom stereocenters. The maximum absolute atomic E-state index is 9.95. The molecule has 0 aliphatic heterocycles. The molecule has 5 heteroatoms. The van der Waals surface area contributed by atoms with Crippen LogP contribution in [0.15, 0.2) is 65.7 Å². The molecule has 0 radical (unpaired) electrons. The first-order chi connectivity index (χ1) is 11.7. The van der Waals surface area contributed by atoms with Crippen molar-refractivity contribution in [2.75, 3.05) is 14.1 Å². The summed E-state index contributed by atoms with van der Waals surface area (Å²) in [4.78, 5) is 6.39. The zero-order valence-corrected chi connectivity index (χ0v) is 13.8. The van der Waals surface area contributed by atoms with Crippen LogP contribution >= 0.6 is 0 Å². The van der Waals surface area contributed by atoms with Gasteiger partial charge in [-0.3, -0.25) is 0 Å². The Morgan fingerprint density at radius 1 is 1.04 bits per heavy atom. The molecule has 1 aromatic heterocycles. The number of aliphatic imine (C=N–C) groups is 1. The van der Waals surface area contributed by atoms with Crippen molar-refractivity contribution in [1.29, 1.82) is 0 Å². The van der Waals surface area contributed by atoms with Gasteiger partial charge in [-0.05, 0) is 12.1 Å². The topological polar surface area (TPSA) is 53.6 Å². The third kappa shape index (κ3) is 3.21. The summed E-state index contributed by atoms with van der Waals surface area (Å²) in [6, 6.07) is 19.7. The van der Waals surface area contributed by atoms with Crippen molar-refractivity contribution in [2.45, 2.75) is 6.61 Å². The van der Waals surface area contributed by atoms with Crippen LogP contribution in [-0.2, 0) is 6.61 Å². The highest BCUT2D eigenvalue weighted by Crippen LogP contribution is 2.32. The number of hydrogen-bond acceptors (Lipinski definition) is 3. The summed E-state index contributed by atoms with van der Waals surface area (Å²) < 4.78 is 1.77. The van der Waals surface area contributed by atoms with E-state index in [9.17, 15) is 5.11 Å². The van der Waals surface area contributed by atoms with Gasteiger partial charge in [0, 0.05) is 19.7 Å². The molecule has 0 atom stereocenters. The van der Waals surface area contributed by atoms with Crippen LogP contribution in [0.4, 0.5) is 5.82 Å². The third-order valence-electron chi connectivity index (χ3n) is 3.57. The monoisotopic (exact) mass is 320 g/mol. The van der Waals surface area contributed by atoms with Crippen molar-refractivity contribution in [3.05, 3.63) is 66.2 Å². The van der Waals surface area contributed by atoms with Gasteiger partial charge in [0.05, 0.1) is 24.2 Å². The number of aliphatic hydroxyl groups is 1. The molecule has 0 amide bonds. The van der Waals surface area contributed by atoms with Gasteiger partial charge in [0.25, 0.3) is 0 Å². The summed E-state index contributed by atoms with van der Waals surface area (Å²) in [6.45, 7) is -0.128. The standard InChI is InChI=1S/C19H20N4O/c1-22(2)14-20-19-17(13-24)18(15-9-5-3-6-10-15)21-23(19)16-11-7-4-8-12-16/h3-12,14,24H,13H2,1-2H3/b20-14+. The second-order valence-corrected chi connectivity index (χ2v) is 5.63. The highest BCUT2D eigenvalue weighted by atomic mass is 16.3. The van der Waals surface area contributed by atoms with E-state index in [4.69, 9.17) is 5.10 Å². The fourth-order valence-corrected chi connectivity index (χ4v) is 2.47. The van der Waals surface area contributed by atoms with Crippen LogP contribution in [0.5, 0.6) is 0 Å². The van der Waals surface area contributed by atoms with Crippen molar-refractivity contribution in [3.63, 3.8) is 0 Å². The van der Waals surface area contributed by atoms with Gasteiger partial charge in [0.1, 0.15) is 5.69 Å². The first-order valence-electron chi connectivity index (χ1n) is 7.75. The number of aliphatic hydroxyl groups excluding tert-OH is 1. The number of benzene rings is 2. The zero-order chi connectivity index (χ0) is 16.9. The van der Waals surface area contributed by atoms with Crippen LogP contribution in [0.25, 0.3) is 16.9 Å². The van der Waals surface area contributed by atoms with Gasteiger partial charge in [-0.25, -0.2) is 9.67 Å². The predicted octanol–water partition coefficient (Wildman–Crippen LogP) is 3.25. The van der Waals surface area contributed by atoms with Crippen LogP contribution in [-0.4, -0.2) is 40.2 Å². The molecule has 0 aliphatic rings. The molecule has 5 nitrogen and oxygen atoms in total.